The summed E-state index contributed by atoms with van der Waals surface area (Å²) in [6.45, 7) is 0. The number of thiophene rings is 1. The maximum absolute atomic E-state index is 5.49. The molecule has 56 heavy (non-hydrogen) atoms. The van der Waals surface area contributed by atoms with E-state index in [2.05, 4.69) is 206 Å². The van der Waals surface area contributed by atoms with Gasteiger partial charge in [0.05, 0.1) is 16.8 Å². The summed E-state index contributed by atoms with van der Waals surface area (Å²) < 4.78 is 2.51. The van der Waals surface area contributed by atoms with Gasteiger partial charge in [-0.05, 0) is 62.7 Å². The number of fused-ring (bicyclic) bond motifs is 6. The van der Waals surface area contributed by atoms with Gasteiger partial charge in [0.25, 0.3) is 0 Å². The van der Waals surface area contributed by atoms with Gasteiger partial charge in [-0.25, -0.2) is 9.97 Å². The fraction of sp³-hybridized carbons (Fsp3) is 0.0189. The lowest BCUT2D eigenvalue weighted by Gasteiger charge is -2.34. The third kappa shape index (κ3) is 5.02. The van der Waals surface area contributed by atoms with Gasteiger partial charge in [-0.15, -0.1) is 11.3 Å². The van der Waals surface area contributed by atoms with Crippen LogP contribution in [0.25, 0.3) is 76.3 Å². The predicted octanol–water partition coefficient (Wildman–Crippen LogP) is 13.9. The van der Waals surface area contributed by atoms with E-state index in [0.29, 0.717) is 5.82 Å². The molecule has 0 N–H and O–H groups in total. The number of benzene rings is 8. The molecule has 8 aromatic carbocycles. The Labute approximate surface area is 330 Å². The fourth-order valence-electron chi connectivity index (χ4n) is 8.96. The Kier molecular flexibility index (Phi) is 7.61. The summed E-state index contributed by atoms with van der Waals surface area (Å²) in [7, 11) is 0. The smallest absolute Gasteiger partial charge is 0.160 e. The highest BCUT2D eigenvalue weighted by atomic mass is 32.1. The summed E-state index contributed by atoms with van der Waals surface area (Å²) in [6.07, 6.45) is 0. The van der Waals surface area contributed by atoms with Crippen molar-refractivity contribution in [3.63, 3.8) is 0 Å². The predicted molar refractivity (Wildman–Crippen MR) is 234 cm³/mol. The van der Waals surface area contributed by atoms with Gasteiger partial charge in [0, 0.05) is 36.9 Å². The first-order valence-corrected chi connectivity index (χ1v) is 19.9. The van der Waals surface area contributed by atoms with Crippen LogP contribution in [-0.2, 0) is 5.41 Å². The highest BCUT2D eigenvalue weighted by molar-refractivity contribution is 7.26. The van der Waals surface area contributed by atoms with Crippen LogP contribution in [0.5, 0.6) is 0 Å². The highest BCUT2D eigenvalue weighted by Crippen LogP contribution is 2.56. The minimum absolute atomic E-state index is 0.520. The molecule has 262 valence electrons. The van der Waals surface area contributed by atoms with Crippen LogP contribution < -0.4 is 0 Å². The third-order valence-corrected chi connectivity index (χ3v) is 12.6. The lowest BCUT2D eigenvalue weighted by Crippen LogP contribution is -2.28. The highest BCUT2D eigenvalue weighted by Gasteiger charge is 2.46. The minimum Gasteiger partial charge on any atom is -0.228 e. The molecule has 11 rings (SSSR count). The van der Waals surface area contributed by atoms with Gasteiger partial charge in [-0.1, -0.05) is 188 Å². The molecule has 0 fully saturated rings. The molecule has 2 aromatic heterocycles. The van der Waals surface area contributed by atoms with E-state index in [4.69, 9.17) is 9.97 Å². The number of hydrogen-bond donors (Lipinski definition) is 0. The van der Waals surface area contributed by atoms with Crippen LogP contribution in [0.15, 0.2) is 206 Å². The van der Waals surface area contributed by atoms with E-state index in [1.54, 1.807) is 0 Å². The average Bonchev–Trinajstić information content (AvgIpc) is 3.81. The van der Waals surface area contributed by atoms with Crippen molar-refractivity contribution >= 4 is 31.5 Å². The minimum atomic E-state index is -0.520. The van der Waals surface area contributed by atoms with Gasteiger partial charge in [0.2, 0.25) is 0 Å². The van der Waals surface area contributed by atoms with Crippen LogP contribution >= 0.6 is 11.3 Å². The molecule has 0 atom stereocenters. The molecule has 0 saturated heterocycles. The fourth-order valence-corrected chi connectivity index (χ4v) is 10.2. The Morgan fingerprint density at radius 1 is 0.357 bits per heavy atom. The molecular formula is C53H34N2S. The van der Waals surface area contributed by atoms with Crippen molar-refractivity contribution in [2.45, 2.75) is 5.41 Å². The standard InChI is InChI=1S/C53H34N2S/c1-4-17-35(18-5-1)39-23-10-11-25-42(39)48-34-49(45-28-16-27-44-43-26-13-15-30-50(43)56-51(44)45)55-52(54-48)36-31-32-41-40-24-12-14-29-46(40)53(47(41)33-36,37-19-6-2-7-20-37)38-21-8-3-9-22-38/h1-34H. The first-order valence-electron chi connectivity index (χ1n) is 19.1. The van der Waals surface area contributed by atoms with E-state index in [1.807, 2.05) is 11.3 Å². The summed E-state index contributed by atoms with van der Waals surface area (Å²) in [5, 5.41) is 2.52. The summed E-state index contributed by atoms with van der Waals surface area (Å²) >= 11 is 1.83. The first-order chi connectivity index (χ1) is 27.8. The lowest BCUT2D eigenvalue weighted by molar-refractivity contribution is 0.768. The monoisotopic (exact) mass is 730 g/mol. The van der Waals surface area contributed by atoms with Gasteiger partial charge < -0.3 is 0 Å². The maximum atomic E-state index is 5.49. The molecule has 3 heteroatoms. The Hall–Kier alpha value is -6.94. The number of aromatic nitrogens is 2. The van der Waals surface area contributed by atoms with Gasteiger partial charge >= 0.3 is 0 Å². The third-order valence-electron chi connectivity index (χ3n) is 11.4. The van der Waals surface area contributed by atoms with Crippen LogP contribution in [0.1, 0.15) is 22.3 Å². The number of hydrogen-bond acceptors (Lipinski definition) is 3. The molecule has 0 aliphatic heterocycles. The Bertz CT molecular complexity index is 3040. The van der Waals surface area contributed by atoms with Crippen LogP contribution in [0.4, 0.5) is 0 Å². The number of rotatable bonds is 6. The van der Waals surface area contributed by atoms with Crippen LogP contribution in [0.3, 0.4) is 0 Å². The average molecular weight is 731 g/mol. The van der Waals surface area contributed by atoms with E-state index in [9.17, 15) is 0 Å². The molecule has 0 saturated carbocycles. The summed E-state index contributed by atoms with van der Waals surface area (Å²) in [6, 6.07) is 74.3. The largest absolute Gasteiger partial charge is 0.228 e. The summed E-state index contributed by atoms with van der Waals surface area (Å²) in [5.41, 5.74) is 14.2. The van der Waals surface area contributed by atoms with Gasteiger partial charge in [-0.2, -0.15) is 0 Å². The van der Waals surface area contributed by atoms with Crippen molar-refractivity contribution in [1.29, 1.82) is 0 Å². The van der Waals surface area contributed by atoms with Crippen molar-refractivity contribution in [3.8, 4) is 56.2 Å². The van der Waals surface area contributed by atoms with E-state index in [0.717, 1.165) is 39.2 Å². The van der Waals surface area contributed by atoms with Crippen molar-refractivity contribution in [3.05, 3.63) is 229 Å². The Morgan fingerprint density at radius 2 is 0.911 bits per heavy atom. The molecule has 1 aliphatic rings. The van der Waals surface area contributed by atoms with E-state index in [-0.39, 0.29) is 0 Å². The quantitative estimate of drug-likeness (QED) is 0.170. The zero-order chi connectivity index (χ0) is 37.1. The topological polar surface area (TPSA) is 25.8 Å². The van der Waals surface area contributed by atoms with Crippen molar-refractivity contribution in [2.24, 2.45) is 0 Å². The van der Waals surface area contributed by atoms with Crippen LogP contribution in [0, 0.1) is 0 Å². The normalized spacial score (nSPS) is 12.8. The second kappa shape index (κ2) is 13.1. The zero-order valence-corrected chi connectivity index (χ0v) is 31.2. The van der Waals surface area contributed by atoms with Gasteiger partial charge in [-0.3, -0.25) is 0 Å². The van der Waals surface area contributed by atoms with Crippen molar-refractivity contribution in [1.82, 2.24) is 9.97 Å². The van der Waals surface area contributed by atoms with Crippen LogP contribution in [0.2, 0.25) is 0 Å². The first kappa shape index (κ1) is 32.5. The second-order valence-electron chi connectivity index (χ2n) is 14.4. The van der Waals surface area contributed by atoms with E-state index in [1.165, 1.54) is 53.6 Å². The summed E-state index contributed by atoms with van der Waals surface area (Å²) in [5.74, 6) is 0.701. The zero-order valence-electron chi connectivity index (χ0n) is 30.4. The molecule has 0 spiro atoms. The molecule has 0 amide bonds. The summed E-state index contributed by atoms with van der Waals surface area (Å²) in [4.78, 5) is 11.0. The Morgan fingerprint density at radius 3 is 1.66 bits per heavy atom. The van der Waals surface area contributed by atoms with Crippen molar-refractivity contribution < 1.29 is 0 Å². The maximum Gasteiger partial charge on any atom is 0.160 e. The molecular weight excluding hydrogens is 697 g/mol. The van der Waals surface area contributed by atoms with E-state index >= 15 is 0 Å². The molecule has 10 aromatic rings. The van der Waals surface area contributed by atoms with E-state index < -0.39 is 5.41 Å². The molecule has 0 unspecified atom stereocenters. The molecule has 1 aliphatic carbocycles. The SMILES string of the molecule is c1ccc(-c2ccccc2-c2cc(-c3cccc4c3sc3ccccc34)nc(-c3ccc4c(c3)C(c3ccccc3)(c3ccccc3)c3ccccc3-4)n2)cc1. The van der Waals surface area contributed by atoms with Crippen molar-refractivity contribution in [2.75, 3.05) is 0 Å². The van der Waals surface area contributed by atoms with Gasteiger partial charge in [0.1, 0.15) is 0 Å². The molecule has 0 bridgehead atoms. The Balaban J connectivity index is 1.19. The molecule has 2 nitrogen and oxygen atoms in total. The molecule has 2 heterocycles. The lowest BCUT2D eigenvalue weighted by atomic mass is 9.67. The van der Waals surface area contributed by atoms with Gasteiger partial charge in [0.15, 0.2) is 5.82 Å². The second-order valence-corrected chi connectivity index (χ2v) is 15.5. The van der Waals surface area contributed by atoms with Crippen LogP contribution in [-0.4, -0.2) is 9.97 Å². The molecule has 0 radical (unpaired) electrons. The number of nitrogens with zero attached hydrogens (tertiary/aromatic N) is 2.